The van der Waals surface area contributed by atoms with E-state index in [9.17, 15) is 9.18 Å². The van der Waals surface area contributed by atoms with Crippen LogP contribution in [0.25, 0.3) is 0 Å². The first kappa shape index (κ1) is 14.9. The summed E-state index contributed by atoms with van der Waals surface area (Å²) in [6, 6.07) is 7.41. The van der Waals surface area contributed by atoms with Gasteiger partial charge in [-0.1, -0.05) is 12.1 Å². The van der Waals surface area contributed by atoms with Gasteiger partial charge < -0.3 is 10.0 Å². The molecule has 4 nitrogen and oxygen atoms in total. The van der Waals surface area contributed by atoms with Gasteiger partial charge in [0.15, 0.2) is 0 Å². The maximum Gasteiger partial charge on any atom is 0.253 e. The van der Waals surface area contributed by atoms with E-state index < -0.39 is 12.3 Å². The Hall–Kier alpha value is -1.46. The second-order valence-corrected chi connectivity index (χ2v) is 5.67. The second-order valence-electron chi connectivity index (χ2n) is 5.67. The molecule has 0 aromatic heterocycles. The number of amides is 1. The van der Waals surface area contributed by atoms with Crippen LogP contribution < -0.4 is 0 Å². The molecule has 2 rings (SSSR count). The summed E-state index contributed by atoms with van der Waals surface area (Å²) in [5.41, 5.74) is 0.150. The van der Waals surface area contributed by atoms with E-state index in [2.05, 4.69) is 0 Å². The first-order chi connectivity index (χ1) is 9.43. The fourth-order valence-electron chi connectivity index (χ4n) is 2.50. The predicted molar refractivity (Wildman–Crippen MR) is 75.3 cm³/mol. The molecule has 1 aliphatic heterocycles. The molecule has 1 fully saturated rings. The fraction of sp³-hybridized carbons (Fsp3) is 0.533. The summed E-state index contributed by atoms with van der Waals surface area (Å²) in [6.45, 7) is 1.04. The highest BCUT2D eigenvalue weighted by Crippen LogP contribution is 2.26. The van der Waals surface area contributed by atoms with Gasteiger partial charge >= 0.3 is 0 Å². The molecule has 1 unspecified atom stereocenters. The number of aliphatic hydroxyl groups excluding tert-OH is 1. The topological polar surface area (TPSA) is 43.8 Å². The predicted octanol–water partition coefficient (Wildman–Crippen LogP) is 1.29. The van der Waals surface area contributed by atoms with Crippen molar-refractivity contribution in [1.29, 1.82) is 0 Å². The van der Waals surface area contributed by atoms with Crippen LogP contribution in [0.15, 0.2) is 24.3 Å². The van der Waals surface area contributed by atoms with E-state index in [1.807, 2.05) is 23.1 Å². The third-order valence-electron chi connectivity index (χ3n) is 3.65. The van der Waals surface area contributed by atoms with Gasteiger partial charge in [0.25, 0.3) is 5.91 Å². The van der Waals surface area contributed by atoms with E-state index in [0.717, 1.165) is 5.56 Å². The van der Waals surface area contributed by atoms with Gasteiger partial charge in [-0.05, 0) is 24.1 Å². The Morgan fingerprint density at radius 3 is 2.85 bits per heavy atom. The molecule has 1 amide bonds. The molecule has 0 saturated carbocycles. The number of hydrogen-bond donors (Lipinski definition) is 1. The van der Waals surface area contributed by atoms with Crippen LogP contribution in [0.1, 0.15) is 22.3 Å². The molecule has 1 aromatic rings. The zero-order valence-corrected chi connectivity index (χ0v) is 12.0. The molecular formula is C15H21FN2O2. The smallest absolute Gasteiger partial charge is 0.253 e. The van der Waals surface area contributed by atoms with E-state index in [4.69, 9.17) is 5.11 Å². The first-order valence-electron chi connectivity index (χ1n) is 6.76. The SMILES string of the molecule is CN(C)C(=O)c1cccc(CN2CCC(F)(CO)C2)c1. The minimum absolute atomic E-state index is 0.0385. The lowest BCUT2D eigenvalue weighted by atomic mass is 10.1. The monoisotopic (exact) mass is 280 g/mol. The number of nitrogens with zero attached hydrogens (tertiary/aromatic N) is 2. The average molecular weight is 280 g/mol. The van der Waals surface area contributed by atoms with Gasteiger partial charge in [0.05, 0.1) is 6.61 Å². The van der Waals surface area contributed by atoms with Crippen LogP contribution in [-0.2, 0) is 6.54 Å². The summed E-state index contributed by atoms with van der Waals surface area (Å²) in [6.07, 6.45) is 0.361. The maximum atomic E-state index is 14.0. The molecule has 1 aliphatic rings. The van der Waals surface area contributed by atoms with Crippen molar-refractivity contribution < 1.29 is 14.3 Å². The number of halogens is 1. The number of likely N-dealkylation sites (tertiary alicyclic amines) is 1. The Labute approximate surface area is 118 Å². The minimum Gasteiger partial charge on any atom is -0.393 e. The molecule has 0 aliphatic carbocycles. The Bertz CT molecular complexity index is 493. The molecule has 20 heavy (non-hydrogen) atoms. The standard InChI is InChI=1S/C15H21FN2O2/c1-17(2)14(20)13-5-3-4-12(8-13)9-18-7-6-15(16,10-18)11-19/h3-5,8,19H,6-7,9-11H2,1-2H3. The Morgan fingerprint density at radius 1 is 1.50 bits per heavy atom. The van der Waals surface area contributed by atoms with Gasteiger partial charge in [-0.3, -0.25) is 9.69 Å². The highest BCUT2D eigenvalue weighted by atomic mass is 19.1. The van der Waals surface area contributed by atoms with Crippen LogP contribution in [0.2, 0.25) is 0 Å². The maximum absolute atomic E-state index is 14.0. The number of carbonyl (C=O) groups is 1. The van der Waals surface area contributed by atoms with Crippen LogP contribution in [0, 0.1) is 0 Å². The molecule has 0 spiro atoms. The number of carbonyl (C=O) groups excluding carboxylic acids is 1. The lowest BCUT2D eigenvalue weighted by Gasteiger charge is -2.19. The van der Waals surface area contributed by atoms with Gasteiger partial charge in [-0.25, -0.2) is 4.39 Å². The summed E-state index contributed by atoms with van der Waals surface area (Å²) >= 11 is 0. The molecular weight excluding hydrogens is 259 g/mol. The van der Waals surface area contributed by atoms with Gasteiger partial charge in [0, 0.05) is 39.3 Å². The van der Waals surface area contributed by atoms with Crippen molar-refractivity contribution in [2.24, 2.45) is 0 Å². The van der Waals surface area contributed by atoms with Crippen LogP contribution in [0.4, 0.5) is 4.39 Å². The molecule has 1 saturated heterocycles. The Kier molecular flexibility index (Phi) is 4.40. The molecule has 5 heteroatoms. The van der Waals surface area contributed by atoms with Crippen LogP contribution in [0.5, 0.6) is 0 Å². The summed E-state index contributed by atoms with van der Waals surface area (Å²) < 4.78 is 14.0. The van der Waals surface area contributed by atoms with Crippen LogP contribution >= 0.6 is 0 Å². The quantitative estimate of drug-likeness (QED) is 0.904. The van der Waals surface area contributed by atoms with Crippen LogP contribution in [-0.4, -0.2) is 60.3 Å². The molecule has 1 N–H and O–H groups in total. The zero-order chi connectivity index (χ0) is 14.8. The van der Waals surface area contributed by atoms with Gasteiger partial charge in [-0.2, -0.15) is 0 Å². The molecule has 0 bridgehead atoms. The van der Waals surface area contributed by atoms with Crippen molar-refractivity contribution in [2.75, 3.05) is 33.8 Å². The van der Waals surface area contributed by atoms with Gasteiger partial charge in [-0.15, -0.1) is 0 Å². The summed E-state index contributed by atoms with van der Waals surface area (Å²) in [4.78, 5) is 15.4. The van der Waals surface area contributed by atoms with Gasteiger partial charge in [0.1, 0.15) is 5.67 Å². The third kappa shape index (κ3) is 3.35. The second kappa shape index (κ2) is 5.89. The first-order valence-corrected chi connectivity index (χ1v) is 6.76. The number of benzene rings is 1. The number of hydrogen-bond acceptors (Lipinski definition) is 3. The molecule has 110 valence electrons. The van der Waals surface area contributed by atoms with Crippen molar-refractivity contribution in [3.63, 3.8) is 0 Å². The van der Waals surface area contributed by atoms with E-state index in [1.165, 1.54) is 4.90 Å². The molecule has 0 radical (unpaired) electrons. The molecule has 1 heterocycles. The summed E-state index contributed by atoms with van der Waals surface area (Å²) in [5, 5.41) is 9.04. The van der Waals surface area contributed by atoms with Crippen molar-refractivity contribution >= 4 is 5.91 Å². The minimum atomic E-state index is -1.48. The van der Waals surface area contributed by atoms with Gasteiger partial charge in [0.2, 0.25) is 0 Å². The lowest BCUT2D eigenvalue weighted by molar-refractivity contribution is 0.0769. The van der Waals surface area contributed by atoms with E-state index >= 15 is 0 Å². The van der Waals surface area contributed by atoms with E-state index in [-0.39, 0.29) is 12.5 Å². The lowest BCUT2D eigenvalue weighted by Crippen LogP contribution is -2.32. The van der Waals surface area contributed by atoms with Crippen molar-refractivity contribution in [3.05, 3.63) is 35.4 Å². The van der Waals surface area contributed by atoms with Crippen molar-refractivity contribution in [2.45, 2.75) is 18.6 Å². The molecule has 1 atom stereocenters. The van der Waals surface area contributed by atoms with Crippen molar-refractivity contribution in [3.8, 4) is 0 Å². The Morgan fingerprint density at radius 2 is 2.25 bits per heavy atom. The number of aliphatic hydroxyl groups is 1. The highest BCUT2D eigenvalue weighted by molar-refractivity contribution is 5.94. The fourth-order valence-corrected chi connectivity index (χ4v) is 2.50. The van der Waals surface area contributed by atoms with E-state index in [0.29, 0.717) is 25.1 Å². The normalized spacial score (nSPS) is 23.0. The largest absolute Gasteiger partial charge is 0.393 e. The average Bonchev–Trinajstić information content (AvgIpc) is 2.80. The van der Waals surface area contributed by atoms with Crippen molar-refractivity contribution in [1.82, 2.24) is 9.80 Å². The highest BCUT2D eigenvalue weighted by Gasteiger charge is 2.37. The van der Waals surface area contributed by atoms with E-state index in [1.54, 1.807) is 20.2 Å². The number of alkyl halides is 1. The summed E-state index contributed by atoms with van der Waals surface area (Å²) in [5.74, 6) is -0.0385. The Balaban J connectivity index is 2.04. The van der Waals surface area contributed by atoms with Crippen LogP contribution in [0.3, 0.4) is 0 Å². The number of rotatable bonds is 4. The molecule has 1 aromatic carbocycles. The zero-order valence-electron chi connectivity index (χ0n) is 12.0. The third-order valence-corrected chi connectivity index (χ3v) is 3.65. The summed E-state index contributed by atoms with van der Waals surface area (Å²) in [7, 11) is 3.43.